The van der Waals surface area contributed by atoms with Gasteiger partial charge in [-0.1, -0.05) is 6.92 Å². The van der Waals surface area contributed by atoms with E-state index in [1.165, 1.54) is 0 Å². The van der Waals surface area contributed by atoms with Gasteiger partial charge in [-0.2, -0.15) is 0 Å². The number of nitrogens with zero attached hydrogens (tertiary/aromatic N) is 1. The van der Waals surface area contributed by atoms with Gasteiger partial charge in [-0.3, -0.25) is 0 Å². The van der Waals surface area contributed by atoms with E-state index in [9.17, 15) is 8.42 Å². The van der Waals surface area contributed by atoms with Crippen molar-refractivity contribution >= 4 is 10.0 Å². The number of piperidine rings is 1. The van der Waals surface area contributed by atoms with Gasteiger partial charge in [0.2, 0.25) is 10.0 Å². The molecule has 0 aromatic carbocycles. The van der Waals surface area contributed by atoms with E-state index in [2.05, 4.69) is 6.92 Å². The summed E-state index contributed by atoms with van der Waals surface area (Å²) in [6.07, 6.45) is 1.72. The van der Waals surface area contributed by atoms with Crippen LogP contribution in [0, 0.1) is 17.8 Å². The number of hydrogen-bond donors (Lipinski definition) is 0. The lowest BCUT2D eigenvalue weighted by atomic mass is 9.79. The van der Waals surface area contributed by atoms with Crippen LogP contribution >= 0.6 is 0 Å². The molecule has 1 saturated carbocycles. The summed E-state index contributed by atoms with van der Waals surface area (Å²) >= 11 is 0. The van der Waals surface area contributed by atoms with Crippen LogP contribution in [0.2, 0.25) is 0 Å². The molecule has 4 nitrogen and oxygen atoms in total. The molecule has 0 aromatic heterocycles. The van der Waals surface area contributed by atoms with Crippen LogP contribution in [0.4, 0.5) is 0 Å². The van der Waals surface area contributed by atoms with Gasteiger partial charge in [0.25, 0.3) is 0 Å². The van der Waals surface area contributed by atoms with Crippen molar-refractivity contribution in [2.75, 3.05) is 26.3 Å². The molecule has 5 heteroatoms. The second kappa shape index (κ2) is 3.68. The molecule has 0 N–H and O–H groups in total. The fourth-order valence-corrected chi connectivity index (χ4v) is 4.83. The molecule has 2 heterocycles. The maximum atomic E-state index is 12.2. The van der Waals surface area contributed by atoms with Gasteiger partial charge in [-0.25, -0.2) is 12.7 Å². The van der Waals surface area contributed by atoms with Gasteiger partial charge < -0.3 is 4.74 Å². The third-order valence-corrected chi connectivity index (χ3v) is 6.66. The molecule has 3 aliphatic rings. The quantitative estimate of drug-likeness (QED) is 0.719. The van der Waals surface area contributed by atoms with E-state index in [4.69, 9.17) is 4.74 Å². The molecule has 1 aliphatic carbocycles. The molecular formula is C11H19NO3S. The highest BCUT2D eigenvalue weighted by Gasteiger charge is 2.46. The number of ether oxygens (including phenoxy) is 1. The van der Waals surface area contributed by atoms with Crippen LogP contribution in [-0.2, 0) is 14.8 Å². The second-order valence-electron chi connectivity index (χ2n) is 5.48. The molecule has 0 aromatic rings. The van der Waals surface area contributed by atoms with Gasteiger partial charge in [-0.15, -0.1) is 0 Å². The van der Waals surface area contributed by atoms with Crippen LogP contribution in [0.5, 0.6) is 0 Å². The maximum Gasteiger partial charge on any atom is 0.217 e. The summed E-state index contributed by atoms with van der Waals surface area (Å²) < 4.78 is 31.6. The van der Waals surface area contributed by atoms with Crippen LogP contribution in [0.15, 0.2) is 0 Å². The van der Waals surface area contributed by atoms with E-state index in [0.717, 1.165) is 26.1 Å². The Bertz CT molecular complexity index is 363. The Labute approximate surface area is 97.0 Å². The van der Waals surface area contributed by atoms with E-state index in [0.29, 0.717) is 30.8 Å². The first-order valence-electron chi connectivity index (χ1n) is 6.15. The summed E-state index contributed by atoms with van der Waals surface area (Å²) in [5, 5.41) is -0.0671. The Kier molecular flexibility index (Phi) is 2.53. The van der Waals surface area contributed by atoms with Gasteiger partial charge in [-0.05, 0) is 30.6 Å². The van der Waals surface area contributed by atoms with Crippen LogP contribution in [-0.4, -0.2) is 44.3 Å². The van der Waals surface area contributed by atoms with Crippen molar-refractivity contribution in [1.29, 1.82) is 0 Å². The van der Waals surface area contributed by atoms with E-state index in [1.807, 2.05) is 0 Å². The van der Waals surface area contributed by atoms with Crippen molar-refractivity contribution in [3.63, 3.8) is 0 Å². The van der Waals surface area contributed by atoms with Gasteiger partial charge in [0, 0.05) is 13.1 Å². The summed E-state index contributed by atoms with van der Waals surface area (Å²) in [5.41, 5.74) is 0. The minimum Gasteiger partial charge on any atom is -0.381 e. The Morgan fingerprint density at radius 2 is 1.69 bits per heavy atom. The molecule has 2 atom stereocenters. The van der Waals surface area contributed by atoms with Gasteiger partial charge in [0.05, 0.1) is 18.5 Å². The number of sulfonamides is 1. The predicted octanol–water partition coefficient (Wildman–Crippen LogP) is 0.693. The van der Waals surface area contributed by atoms with Crippen molar-refractivity contribution in [2.24, 2.45) is 17.8 Å². The first-order chi connectivity index (χ1) is 7.59. The molecule has 0 amide bonds. The average molecular weight is 245 g/mol. The molecular weight excluding hydrogens is 226 g/mol. The van der Waals surface area contributed by atoms with Crippen molar-refractivity contribution in [3.8, 4) is 0 Å². The Balaban J connectivity index is 1.79. The van der Waals surface area contributed by atoms with Crippen LogP contribution in [0.25, 0.3) is 0 Å². The number of hydrogen-bond acceptors (Lipinski definition) is 3. The SMILES string of the molecule is CC1C2COCC1CN(S(=O)(=O)C1CC1)C2. The predicted molar refractivity (Wildman–Crippen MR) is 60.5 cm³/mol. The van der Waals surface area contributed by atoms with Gasteiger partial charge >= 0.3 is 0 Å². The Morgan fingerprint density at radius 1 is 1.12 bits per heavy atom. The molecule has 2 bridgehead atoms. The van der Waals surface area contributed by atoms with E-state index < -0.39 is 10.0 Å². The summed E-state index contributed by atoms with van der Waals surface area (Å²) in [4.78, 5) is 0. The van der Waals surface area contributed by atoms with Gasteiger partial charge in [0.15, 0.2) is 0 Å². The summed E-state index contributed by atoms with van der Waals surface area (Å²) in [7, 11) is -2.98. The lowest BCUT2D eigenvalue weighted by Crippen LogP contribution is -2.53. The number of fused-ring (bicyclic) bond motifs is 2. The Hall–Kier alpha value is -0.130. The van der Waals surface area contributed by atoms with Crippen LogP contribution in [0.1, 0.15) is 19.8 Å². The minimum absolute atomic E-state index is 0.0671. The first kappa shape index (κ1) is 11.0. The van der Waals surface area contributed by atoms with E-state index in [-0.39, 0.29) is 5.25 Å². The molecule has 3 fully saturated rings. The highest BCUT2D eigenvalue weighted by Crippen LogP contribution is 2.38. The monoisotopic (exact) mass is 245 g/mol. The summed E-state index contributed by atoms with van der Waals surface area (Å²) in [6, 6.07) is 0. The third-order valence-electron chi connectivity index (χ3n) is 4.33. The fraction of sp³-hybridized carbons (Fsp3) is 1.00. The highest BCUT2D eigenvalue weighted by atomic mass is 32.2. The zero-order valence-electron chi connectivity index (χ0n) is 9.63. The van der Waals surface area contributed by atoms with E-state index in [1.54, 1.807) is 4.31 Å². The molecule has 3 rings (SSSR count). The molecule has 2 unspecified atom stereocenters. The lowest BCUT2D eigenvalue weighted by Gasteiger charge is -2.45. The highest BCUT2D eigenvalue weighted by molar-refractivity contribution is 7.90. The normalized spacial score (nSPS) is 40.9. The maximum absolute atomic E-state index is 12.2. The van der Waals surface area contributed by atoms with Crippen molar-refractivity contribution in [3.05, 3.63) is 0 Å². The average Bonchev–Trinajstić information content (AvgIpc) is 2.99. The van der Waals surface area contributed by atoms with Crippen LogP contribution < -0.4 is 0 Å². The fourth-order valence-electron chi connectivity index (χ4n) is 2.88. The largest absolute Gasteiger partial charge is 0.381 e. The molecule has 16 heavy (non-hydrogen) atoms. The molecule has 0 radical (unpaired) electrons. The lowest BCUT2D eigenvalue weighted by molar-refractivity contribution is -0.0589. The summed E-state index contributed by atoms with van der Waals surface area (Å²) in [5.74, 6) is 1.42. The smallest absolute Gasteiger partial charge is 0.217 e. The molecule has 2 aliphatic heterocycles. The molecule has 0 spiro atoms. The van der Waals surface area contributed by atoms with Gasteiger partial charge in [0.1, 0.15) is 0 Å². The first-order valence-corrected chi connectivity index (χ1v) is 7.66. The zero-order chi connectivity index (χ0) is 11.3. The standard InChI is InChI=1S/C11H19NO3S/c1-8-9-4-12(5-10(8)7-15-6-9)16(13,14)11-2-3-11/h8-11H,2-7H2,1H3. The molecule has 2 saturated heterocycles. The number of rotatable bonds is 2. The zero-order valence-corrected chi connectivity index (χ0v) is 10.4. The minimum atomic E-state index is -2.98. The Morgan fingerprint density at radius 3 is 2.19 bits per heavy atom. The molecule has 92 valence electrons. The van der Waals surface area contributed by atoms with Crippen molar-refractivity contribution < 1.29 is 13.2 Å². The van der Waals surface area contributed by atoms with Crippen LogP contribution in [0.3, 0.4) is 0 Å². The van der Waals surface area contributed by atoms with Crippen molar-refractivity contribution in [2.45, 2.75) is 25.0 Å². The van der Waals surface area contributed by atoms with E-state index >= 15 is 0 Å². The van der Waals surface area contributed by atoms with Crippen molar-refractivity contribution in [1.82, 2.24) is 4.31 Å². The third kappa shape index (κ3) is 1.69. The topological polar surface area (TPSA) is 46.6 Å². The summed E-state index contributed by atoms with van der Waals surface area (Å²) in [6.45, 7) is 5.05. The second-order valence-corrected chi connectivity index (χ2v) is 7.69.